The van der Waals surface area contributed by atoms with E-state index in [1.54, 1.807) is 31.2 Å². The van der Waals surface area contributed by atoms with Gasteiger partial charge in [-0.15, -0.1) is 5.10 Å². The number of fused-ring (bicyclic) bond motifs is 4. The maximum absolute atomic E-state index is 13.9. The lowest BCUT2D eigenvalue weighted by Gasteiger charge is -2.34. The van der Waals surface area contributed by atoms with Gasteiger partial charge in [0.05, 0.1) is 19.8 Å². The summed E-state index contributed by atoms with van der Waals surface area (Å²) in [6, 6.07) is 6.83. The van der Waals surface area contributed by atoms with Gasteiger partial charge in [0, 0.05) is 16.9 Å². The lowest BCUT2D eigenvalue weighted by Crippen LogP contribution is -2.49. The van der Waals surface area contributed by atoms with Crippen LogP contribution in [0.2, 0.25) is 0 Å². The molecule has 29 heavy (non-hydrogen) atoms. The third-order valence-corrected chi connectivity index (χ3v) is 5.19. The second kappa shape index (κ2) is 6.36. The monoisotopic (exact) mass is 398 g/mol. The van der Waals surface area contributed by atoms with Crippen molar-refractivity contribution in [1.29, 1.82) is 0 Å². The summed E-state index contributed by atoms with van der Waals surface area (Å²) in [5.74, 6) is -2.20. The van der Waals surface area contributed by atoms with E-state index < -0.39 is 23.3 Å². The van der Waals surface area contributed by atoms with Crippen LogP contribution in [0.3, 0.4) is 0 Å². The van der Waals surface area contributed by atoms with E-state index in [1.165, 1.54) is 19.1 Å². The van der Waals surface area contributed by atoms with E-state index in [2.05, 4.69) is 10.2 Å². The van der Waals surface area contributed by atoms with Crippen LogP contribution in [0.4, 0.5) is 5.69 Å². The van der Waals surface area contributed by atoms with Gasteiger partial charge in [-0.3, -0.25) is 19.6 Å². The van der Waals surface area contributed by atoms with Crippen molar-refractivity contribution >= 4 is 23.5 Å². The average molecular weight is 398 g/mol. The van der Waals surface area contributed by atoms with Crippen LogP contribution in [0.15, 0.2) is 35.7 Å². The number of nitrogens with two attached hydrogens (primary N) is 1. The molecule has 2 aliphatic rings. The van der Waals surface area contributed by atoms with Crippen molar-refractivity contribution in [3.05, 3.63) is 52.5 Å². The number of rotatable bonds is 3. The summed E-state index contributed by atoms with van der Waals surface area (Å²) in [5, 5.41) is 6.85. The summed E-state index contributed by atoms with van der Waals surface area (Å²) in [6.45, 7) is 1.36. The van der Waals surface area contributed by atoms with Gasteiger partial charge in [0.15, 0.2) is 0 Å². The molecule has 2 aromatic rings. The number of carbonyl (C=O) groups is 3. The molecule has 150 valence electrons. The molecule has 1 unspecified atom stereocenters. The molecule has 10 nitrogen and oxygen atoms in total. The average Bonchev–Trinajstić information content (AvgIpc) is 3.19. The van der Waals surface area contributed by atoms with Gasteiger partial charge in [-0.25, -0.2) is 4.79 Å². The number of hydrogen-bond acceptors (Lipinski definition) is 8. The molecule has 0 saturated heterocycles. The van der Waals surface area contributed by atoms with Crippen molar-refractivity contribution in [3.63, 3.8) is 0 Å². The molecule has 3 N–H and O–H groups in total. The highest BCUT2D eigenvalue weighted by Crippen LogP contribution is 2.55. The number of methoxy groups -OCH3 is 2. The number of para-hydroxylation sites is 1. The summed E-state index contributed by atoms with van der Waals surface area (Å²) >= 11 is 0. The fourth-order valence-electron chi connectivity index (χ4n) is 4.03. The van der Waals surface area contributed by atoms with Gasteiger partial charge >= 0.3 is 11.9 Å². The van der Waals surface area contributed by atoms with Crippen molar-refractivity contribution in [1.82, 2.24) is 10.2 Å². The second-order valence-corrected chi connectivity index (χ2v) is 6.60. The van der Waals surface area contributed by atoms with Crippen LogP contribution in [-0.4, -0.2) is 48.8 Å². The summed E-state index contributed by atoms with van der Waals surface area (Å²) in [7, 11) is 2.42. The zero-order valence-corrected chi connectivity index (χ0v) is 15.9. The minimum absolute atomic E-state index is 0.0794. The molecular formula is C19H18N4O6. The highest BCUT2D eigenvalue weighted by Gasteiger charge is 2.62. The van der Waals surface area contributed by atoms with Crippen LogP contribution in [0.25, 0.3) is 0 Å². The molecule has 0 radical (unpaired) electrons. The van der Waals surface area contributed by atoms with E-state index in [1.807, 2.05) is 0 Å². The Morgan fingerprint density at radius 3 is 2.69 bits per heavy atom. The van der Waals surface area contributed by atoms with E-state index >= 15 is 0 Å². The molecule has 3 heterocycles. The molecule has 0 saturated carbocycles. The zero-order valence-electron chi connectivity index (χ0n) is 15.9. The molecule has 1 atom stereocenters. The minimum atomic E-state index is -1.67. The summed E-state index contributed by atoms with van der Waals surface area (Å²) < 4.78 is 15.2. The highest BCUT2D eigenvalue weighted by atomic mass is 16.5. The van der Waals surface area contributed by atoms with Gasteiger partial charge < -0.3 is 19.9 Å². The van der Waals surface area contributed by atoms with Gasteiger partial charge in [0.2, 0.25) is 17.7 Å². The highest BCUT2D eigenvalue weighted by molar-refractivity contribution is 6.19. The van der Waals surface area contributed by atoms with Crippen molar-refractivity contribution in [2.24, 2.45) is 5.73 Å². The van der Waals surface area contributed by atoms with E-state index in [0.29, 0.717) is 22.5 Å². The minimum Gasteiger partial charge on any atom is -0.468 e. The molecule has 0 fully saturated rings. The number of aromatic nitrogens is 2. The van der Waals surface area contributed by atoms with E-state index in [-0.39, 0.29) is 23.9 Å². The molecule has 0 bridgehead atoms. The number of esters is 2. The van der Waals surface area contributed by atoms with Crippen LogP contribution < -0.4 is 15.4 Å². The number of aryl methyl sites for hydroxylation is 1. The Balaban J connectivity index is 2.09. The first kappa shape index (κ1) is 18.5. The van der Waals surface area contributed by atoms with Crippen LogP contribution in [-0.2, 0) is 29.3 Å². The number of carbonyl (C=O) groups excluding carboxylic acids is 3. The number of anilines is 1. The fourth-order valence-corrected chi connectivity index (χ4v) is 4.03. The van der Waals surface area contributed by atoms with E-state index in [9.17, 15) is 14.4 Å². The quantitative estimate of drug-likeness (QED) is 0.703. The number of nitrogens with zero attached hydrogens (tertiary/aromatic N) is 2. The Morgan fingerprint density at radius 2 is 2.00 bits per heavy atom. The molecule has 2 aliphatic heterocycles. The summed E-state index contributed by atoms with van der Waals surface area (Å²) in [6.07, 6.45) is 0. The molecule has 4 rings (SSSR count). The number of aromatic amines is 1. The van der Waals surface area contributed by atoms with Crippen LogP contribution >= 0.6 is 0 Å². The number of hydrogen-bond donors (Lipinski definition) is 2. The molecule has 1 spiro atoms. The maximum Gasteiger partial charge on any atom is 0.340 e. The zero-order chi connectivity index (χ0) is 20.9. The molecule has 1 aromatic heterocycles. The Labute approximate surface area is 165 Å². The molecule has 1 aromatic carbocycles. The SMILES string of the molecule is COC(=O)CN1C(=O)C2(C(C(=O)OC)=C(N)Oc3n[nH]c(C)c32)c2ccccc21. The third-order valence-electron chi connectivity index (χ3n) is 5.19. The normalized spacial score (nSPS) is 19.7. The van der Waals surface area contributed by atoms with E-state index in [4.69, 9.17) is 19.9 Å². The standard InChI is InChI=1S/C19H18N4O6/c1-9-13-16(22-21-9)29-15(20)14(17(25)28-3)19(13)10-6-4-5-7-11(10)23(18(19)26)8-12(24)27-2/h4-7H,8,20H2,1-3H3,(H,21,22). The van der Waals surface area contributed by atoms with Gasteiger partial charge in [0.1, 0.15) is 17.5 Å². The fraction of sp³-hybridized carbons (Fsp3) is 0.263. The van der Waals surface area contributed by atoms with Crippen molar-refractivity contribution in [2.45, 2.75) is 12.3 Å². The molecule has 10 heteroatoms. The summed E-state index contributed by atoms with van der Waals surface area (Å²) in [4.78, 5) is 40.0. The number of benzene rings is 1. The van der Waals surface area contributed by atoms with Crippen LogP contribution in [0, 0.1) is 6.92 Å². The van der Waals surface area contributed by atoms with Crippen molar-refractivity contribution < 1.29 is 28.6 Å². The lowest BCUT2D eigenvalue weighted by atomic mass is 9.68. The Kier molecular flexibility index (Phi) is 4.07. The smallest absolute Gasteiger partial charge is 0.340 e. The van der Waals surface area contributed by atoms with Gasteiger partial charge in [-0.2, -0.15) is 0 Å². The predicted octanol–water partition coefficient (Wildman–Crippen LogP) is 0.260. The number of H-pyrrole nitrogens is 1. The first-order valence-corrected chi connectivity index (χ1v) is 8.68. The van der Waals surface area contributed by atoms with Crippen molar-refractivity contribution in [3.8, 4) is 5.88 Å². The Hall–Kier alpha value is -3.82. The molecular weight excluding hydrogens is 380 g/mol. The largest absolute Gasteiger partial charge is 0.468 e. The summed E-state index contributed by atoms with van der Waals surface area (Å²) in [5.41, 5.74) is 6.00. The first-order valence-electron chi connectivity index (χ1n) is 8.68. The van der Waals surface area contributed by atoms with Gasteiger partial charge in [-0.05, 0) is 13.0 Å². The second-order valence-electron chi connectivity index (χ2n) is 6.60. The predicted molar refractivity (Wildman–Crippen MR) is 98.8 cm³/mol. The van der Waals surface area contributed by atoms with Crippen LogP contribution in [0.5, 0.6) is 5.88 Å². The molecule has 0 aliphatic carbocycles. The lowest BCUT2D eigenvalue weighted by molar-refractivity contribution is -0.140. The first-order chi connectivity index (χ1) is 13.9. The van der Waals surface area contributed by atoms with Gasteiger partial charge in [-0.1, -0.05) is 18.2 Å². The Bertz CT molecular complexity index is 1090. The van der Waals surface area contributed by atoms with Gasteiger partial charge in [0.25, 0.3) is 0 Å². The third kappa shape index (κ3) is 2.28. The van der Waals surface area contributed by atoms with Crippen LogP contribution in [0.1, 0.15) is 16.8 Å². The van der Waals surface area contributed by atoms with E-state index in [0.717, 1.165) is 0 Å². The molecule has 1 amide bonds. The number of nitrogens with one attached hydrogen (secondary N) is 1. The number of amides is 1. The van der Waals surface area contributed by atoms with Crippen molar-refractivity contribution in [2.75, 3.05) is 25.7 Å². The topological polar surface area (TPSA) is 137 Å². The maximum atomic E-state index is 13.9. The number of ether oxygens (including phenoxy) is 3. The Morgan fingerprint density at radius 1 is 1.28 bits per heavy atom.